The summed E-state index contributed by atoms with van der Waals surface area (Å²) < 4.78 is 6.24. The minimum absolute atomic E-state index is 0.165. The van der Waals surface area contributed by atoms with Crippen LogP contribution in [0.5, 0.6) is 5.75 Å². The van der Waals surface area contributed by atoms with Gasteiger partial charge in [0, 0.05) is 4.47 Å². The molecule has 102 valence electrons. The lowest BCUT2D eigenvalue weighted by molar-refractivity contribution is 0.416. The SMILES string of the molecule is COc1ccc(Br)cc1Nc1nc(N)nc2[nH]ncc12. The van der Waals surface area contributed by atoms with Crippen molar-refractivity contribution in [2.75, 3.05) is 18.2 Å². The minimum atomic E-state index is 0.165. The number of hydrogen-bond donors (Lipinski definition) is 3. The number of hydrogen-bond acceptors (Lipinski definition) is 6. The van der Waals surface area contributed by atoms with E-state index in [4.69, 9.17) is 10.5 Å². The number of rotatable bonds is 3. The lowest BCUT2D eigenvalue weighted by Gasteiger charge is -2.11. The zero-order chi connectivity index (χ0) is 14.1. The smallest absolute Gasteiger partial charge is 0.224 e. The normalized spacial score (nSPS) is 10.7. The van der Waals surface area contributed by atoms with Gasteiger partial charge >= 0.3 is 0 Å². The second-order valence-corrected chi connectivity index (χ2v) is 4.95. The number of nitrogens with two attached hydrogens (primary N) is 1. The van der Waals surface area contributed by atoms with Crippen LogP contribution in [0.15, 0.2) is 28.9 Å². The molecule has 3 aromatic rings. The number of nitrogens with zero attached hydrogens (tertiary/aromatic N) is 3. The van der Waals surface area contributed by atoms with Crippen LogP contribution in [-0.4, -0.2) is 27.3 Å². The molecule has 0 saturated heterocycles. The molecule has 3 rings (SSSR count). The van der Waals surface area contributed by atoms with Crippen LogP contribution in [0.3, 0.4) is 0 Å². The summed E-state index contributed by atoms with van der Waals surface area (Å²) in [4.78, 5) is 8.26. The lowest BCUT2D eigenvalue weighted by Crippen LogP contribution is -2.02. The van der Waals surface area contributed by atoms with Crippen LogP contribution in [0.4, 0.5) is 17.5 Å². The number of ether oxygens (including phenoxy) is 1. The van der Waals surface area contributed by atoms with Crippen molar-refractivity contribution in [2.24, 2.45) is 0 Å². The molecule has 7 nitrogen and oxygen atoms in total. The fourth-order valence-corrected chi connectivity index (χ4v) is 2.21. The van der Waals surface area contributed by atoms with Gasteiger partial charge in [0.25, 0.3) is 0 Å². The number of halogens is 1. The third kappa shape index (κ3) is 2.25. The van der Waals surface area contributed by atoms with Gasteiger partial charge in [-0.05, 0) is 18.2 Å². The van der Waals surface area contributed by atoms with Crippen molar-refractivity contribution >= 4 is 44.4 Å². The summed E-state index contributed by atoms with van der Waals surface area (Å²) in [7, 11) is 1.61. The van der Waals surface area contributed by atoms with Crippen molar-refractivity contribution in [3.8, 4) is 5.75 Å². The van der Waals surface area contributed by atoms with Gasteiger partial charge in [0.05, 0.1) is 24.4 Å². The molecule has 0 fully saturated rings. The third-order valence-corrected chi connectivity index (χ3v) is 3.23. The van der Waals surface area contributed by atoms with E-state index in [0.717, 1.165) is 15.5 Å². The predicted octanol–water partition coefficient (Wildman–Crippen LogP) is 2.45. The summed E-state index contributed by atoms with van der Waals surface area (Å²) in [5, 5.41) is 10.6. The van der Waals surface area contributed by atoms with E-state index in [1.54, 1.807) is 13.3 Å². The molecule has 0 saturated carbocycles. The largest absolute Gasteiger partial charge is 0.495 e. The molecule has 4 N–H and O–H groups in total. The van der Waals surface area contributed by atoms with E-state index in [2.05, 4.69) is 41.4 Å². The molecule has 2 heterocycles. The lowest BCUT2D eigenvalue weighted by atomic mass is 10.3. The number of methoxy groups -OCH3 is 1. The molecule has 0 atom stereocenters. The monoisotopic (exact) mass is 334 g/mol. The Morgan fingerprint density at radius 2 is 2.20 bits per heavy atom. The summed E-state index contributed by atoms with van der Waals surface area (Å²) >= 11 is 3.42. The van der Waals surface area contributed by atoms with Crippen molar-refractivity contribution in [3.05, 3.63) is 28.9 Å². The van der Waals surface area contributed by atoms with Crippen LogP contribution in [-0.2, 0) is 0 Å². The molecule has 8 heteroatoms. The quantitative estimate of drug-likeness (QED) is 0.680. The van der Waals surface area contributed by atoms with Gasteiger partial charge in [-0.25, -0.2) is 0 Å². The fraction of sp³-hybridized carbons (Fsp3) is 0.0833. The Morgan fingerprint density at radius 3 is 3.00 bits per heavy atom. The Kier molecular flexibility index (Phi) is 3.15. The number of fused-ring (bicyclic) bond motifs is 1. The Balaban J connectivity index is 2.09. The number of nitrogens with one attached hydrogen (secondary N) is 2. The highest BCUT2D eigenvalue weighted by Crippen LogP contribution is 2.32. The predicted molar refractivity (Wildman–Crippen MR) is 80.1 cm³/mol. The maximum Gasteiger partial charge on any atom is 0.224 e. The summed E-state index contributed by atoms with van der Waals surface area (Å²) in [6.07, 6.45) is 1.64. The molecule has 0 spiro atoms. The van der Waals surface area contributed by atoms with E-state index < -0.39 is 0 Å². The van der Waals surface area contributed by atoms with Crippen molar-refractivity contribution in [1.29, 1.82) is 0 Å². The molecule has 2 aromatic heterocycles. The van der Waals surface area contributed by atoms with E-state index in [0.29, 0.717) is 17.2 Å². The van der Waals surface area contributed by atoms with Gasteiger partial charge in [-0.3, -0.25) is 5.10 Å². The van der Waals surface area contributed by atoms with Gasteiger partial charge < -0.3 is 15.8 Å². The van der Waals surface area contributed by atoms with E-state index in [-0.39, 0.29) is 5.95 Å². The molecule has 20 heavy (non-hydrogen) atoms. The maximum atomic E-state index is 5.69. The third-order valence-electron chi connectivity index (χ3n) is 2.74. The fourth-order valence-electron chi connectivity index (χ4n) is 1.85. The van der Waals surface area contributed by atoms with Crippen LogP contribution in [0, 0.1) is 0 Å². The molecule has 1 aromatic carbocycles. The van der Waals surface area contributed by atoms with Crippen molar-refractivity contribution < 1.29 is 4.74 Å². The molecule has 0 bridgehead atoms. The second kappa shape index (κ2) is 4.97. The first kappa shape index (κ1) is 12.7. The zero-order valence-corrected chi connectivity index (χ0v) is 12.1. The first-order chi connectivity index (χ1) is 9.67. The average molecular weight is 335 g/mol. The topological polar surface area (TPSA) is 102 Å². The van der Waals surface area contributed by atoms with Gasteiger partial charge in [-0.15, -0.1) is 0 Å². The van der Waals surface area contributed by atoms with E-state index in [1.165, 1.54) is 0 Å². The van der Waals surface area contributed by atoms with Crippen LogP contribution < -0.4 is 15.8 Å². The number of aromatic amines is 1. The molecular weight excluding hydrogens is 324 g/mol. The average Bonchev–Trinajstić information content (AvgIpc) is 2.87. The summed E-state index contributed by atoms with van der Waals surface area (Å²) in [6, 6.07) is 5.64. The van der Waals surface area contributed by atoms with Gasteiger partial charge in [0.1, 0.15) is 11.6 Å². The molecule has 0 amide bonds. The summed E-state index contributed by atoms with van der Waals surface area (Å²) in [6.45, 7) is 0. The van der Waals surface area contributed by atoms with Gasteiger partial charge in [-0.1, -0.05) is 15.9 Å². The van der Waals surface area contributed by atoms with Crippen LogP contribution in [0.25, 0.3) is 11.0 Å². The first-order valence-corrected chi connectivity index (χ1v) is 6.54. The van der Waals surface area contributed by atoms with Gasteiger partial charge in [0.2, 0.25) is 5.95 Å². The summed E-state index contributed by atoms with van der Waals surface area (Å²) in [5.41, 5.74) is 7.03. The Labute approximate surface area is 122 Å². The Bertz CT molecular complexity index is 772. The summed E-state index contributed by atoms with van der Waals surface area (Å²) in [5.74, 6) is 1.43. The molecule has 0 aliphatic heterocycles. The number of aromatic nitrogens is 4. The van der Waals surface area contributed by atoms with Crippen LogP contribution in [0.2, 0.25) is 0 Å². The highest BCUT2D eigenvalue weighted by atomic mass is 79.9. The van der Waals surface area contributed by atoms with E-state index in [1.807, 2.05) is 18.2 Å². The van der Waals surface area contributed by atoms with Crippen molar-refractivity contribution in [1.82, 2.24) is 20.2 Å². The number of nitrogen functional groups attached to an aromatic ring is 1. The van der Waals surface area contributed by atoms with Crippen molar-refractivity contribution in [2.45, 2.75) is 0 Å². The Morgan fingerprint density at radius 1 is 1.35 bits per heavy atom. The van der Waals surface area contributed by atoms with Gasteiger partial charge in [-0.2, -0.15) is 15.1 Å². The second-order valence-electron chi connectivity index (χ2n) is 4.03. The van der Waals surface area contributed by atoms with Gasteiger partial charge in [0.15, 0.2) is 5.65 Å². The molecule has 0 aliphatic carbocycles. The standard InChI is InChI=1S/C12H11BrN6O/c1-20-9-3-2-6(13)4-8(9)16-10-7-5-15-19-11(7)18-12(14)17-10/h2-5H,1H3,(H4,14,15,16,17,18,19). The molecule has 0 radical (unpaired) electrons. The number of benzene rings is 1. The zero-order valence-electron chi connectivity index (χ0n) is 10.5. The molecule has 0 aliphatic rings. The maximum absolute atomic E-state index is 5.69. The highest BCUT2D eigenvalue weighted by molar-refractivity contribution is 9.10. The molecule has 0 unspecified atom stereocenters. The van der Waals surface area contributed by atoms with E-state index in [9.17, 15) is 0 Å². The number of H-pyrrole nitrogens is 1. The van der Waals surface area contributed by atoms with Crippen LogP contribution >= 0.6 is 15.9 Å². The first-order valence-electron chi connectivity index (χ1n) is 5.74. The Hall–Kier alpha value is -2.35. The minimum Gasteiger partial charge on any atom is -0.495 e. The van der Waals surface area contributed by atoms with E-state index >= 15 is 0 Å². The molecular formula is C12H11BrN6O. The van der Waals surface area contributed by atoms with Crippen molar-refractivity contribution in [3.63, 3.8) is 0 Å². The highest BCUT2D eigenvalue weighted by Gasteiger charge is 2.11. The van der Waals surface area contributed by atoms with Crippen LogP contribution in [0.1, 0.15) is 0 Å². The number of anilines is 3.